The minimum atomic E-state index is -0.453. The zero-order valence-corrected chi connectivity index (χ0v) is 10.7. The van der Waals surface area contributed by atoms with Crippen molar-refractivity contribution in [2.24, 2.45) is 0 Å². The molecule has 0 unspecified atom stereocenters. The molecule has 1 amide bonds. The Kier molecular flexibility index (Phi) is 3.28. The second-order valence-corrected chi connectivity index (χ2v) is 5.40. The van der Waals surface area contributed by atoms with E-state index < -0.39 is 5.60 Å². The lowest BCUT2D eigenvalue weighted by molar-refractivity contribution is -0.0109. The highest BCUT2D eigenvalue weighted by molar-refractivity contribution is 5.69. The number of nitrogens with zero attached hydrogens (tertiary/aromatic N) is 2. The first-order valence-corrected chi connectivity index (χ1v) is 5.97. The predicted octanol–water partition coefficient (Wildman–Crippen LogP) is 1.41. The average molecular weight is 240 g/mol. The van der Waals surface area contributed by atoms with Gasteiger partial charge in [0.15, 0.2) is 0 Å². The molecule has 2 aliphatic rings. The Morgan fingerprint density at radius 2 is 2.18 bits per heavy atom. The van der Waals surface area contributed by atoms with Gasteiger partial charge < -0.3 is 14.4 Å². The third kappa shape index (κ3) is 3.12. The van der Waals surface area contributed by atoms with Gasteiger partial charge in [-0.05, 0) is 20.8 Å². The zero-order valence-electron chi connectivity index (χ0n) is 10.7. The fourth-order valence-corrected chi connectivity index (χ4v) is 1.93. The van der Waals surface area contributed by atoms with Gasteiger partial charge in [0.25, 0.3) is 0 Å². The van der Waals surface area contributed by atoms with Crippen LogP contribution in [0.15, 0.2) is 12.4 Å². The summed E-state index contributed by atoms with van der Waals surface area (Å²) in [7, 11) is 0. The highest BCUT2D eigenvalue weighted by Crippen LogP contribution is 2.17. The van der Waals surface area contributed by atoms with Crippen molar-refractivity contribution in [2.75, 3.05) is 26.3 Å². The van der Waals surface area contributed by atoms with Crippen LogP contribution >= 0.6 is 0 Å². The van der Waals surface area contributed by atoms with Crippen LogP contribution in [0.25, 0.3) is 0 Å². The smallest absolute Gasteiger partial charge is 0.414 e. The first-order chi connectivity index (χ1) is 7.96. The first kappa shape index (κ1) is 12.2. The van der Waals surface area contributed by atoms with Crippen LogP contribution in [0.3, 0.4) is 0 Å². The zero-order chi connectivity index (χ0) is 12.5. The Balaban J connectivity index is 1.97. The third-order valence-electron chi connectivity index (χ3n) is 2.75. The van der Waals surface area contributed by atoms with Crippen LogP contribution in [0.1, 0.15) is 20.8 Å². The number of ether oxygens (including phenoxy) is 2. The molecule has 0 radical (unpaired) electrons. The van der Waals surface area contributed by atoms with Crippen molar-refractivity contribution in [2.45, 2.75) is 32.4 Å². The van der Waals surface area contributed by atoms with Gasteiger partial charge in [0.1, 0.15) is 5.60 Å². The van der Waals surface area contributed by atoms with Crippen LogP contribution in [-0.4, -0.2) is 53.8 Å². The molecule has 0 saturated carbocycles. The molecular formula is C12H20N2O3. The first-order valence-electron chi connectivity index (χ1n) is 5.97. The predicted molar refractivity (Wildman–Crippen MR) is 63.4 cm³/mol. The number of morpholine rings is 1. The molecular weight excluding hydrogens is 220 g/mol. The molecule has 0 spiro atoms. The molecule has 2 rings (SSSR count). The summed E-state index contributed by atoms with van der Waals surface area (Å²) in [6.07, 6.45) is 3.44. The molecule has 0 aromatic carbocycles. The highest BCUT2D eigenvalue weighted by Gasteiger charge is 2.30. The minimum absolute atomic E-state index is 0.251. The van der Waals surface area contributed by atoms with Crippen LogP contribution in [0.2, 0.25) is 0 Å². The van der Waals surface area contributed by atoms with E-state index in [1.807, 2.05) is 27.0 Å². The SMILES string of the molecule is CC(C)(C)OC(=O)N1C=CN2CCOC[C@H]2C1. The Labute approximate surface area is 102 Å². The number of hydrogen-bond donors (Lipinski definition) is 0. The fraction of sp³-hybridized carbons (Fsp3) is 0.750. The normalized spacial score (nSPS) is 24.5. The van der Waals surface area contributed by atoms with Crippen LogP contribution in [0.4, 0.5) is 4.79 Å². The molecule has 1 saturated heterocycles. The Hall–Kier alpha value is -1.23. The van der Waals surface area contributed by atoms with Crippen molar-refractivity contribution in [3.8, 4) is 0 Å². The number of carbonyl (C=O) groups excluding carboxylic acids is 1. The van der Waals surface area contributed by atoms with Gasteiger partial charge in [0.2, 0.25) is 0 Å². The molecule has 96 valence electrons. The molecule has 5 heteroatoms. The molecule has 0 aromatic heterocycles. The van der Waals surface area contributed by atoms with E-state index in [9.17, 15) is 4.79 Å². The molecule has 2 aliphatic heterocycles. The quantitative estimate of drug-likeness (QED) is 0.642. The van der Waals surface area contributed by atoms with Gasteiger partial charge >= 0.3 is 6.09 Å². The fourth-order valence-electron chi connectivity index (χ4n) is 1.93. The maximum atomic E-state index is 11.9. The molecule has 0 bridgehead atoms. The van der Waals surface area contributed by atoms with Crippen LogP contribution in [0, 0.1) is 0 Å². The number of fused-ring (bicyclic) bond motifs is 1. The summed E-state index contributed by atoms with van der Waals surface area (Å²) in [6.45, 7) is 8.56. The molecule has 5 nitrogen and oxygen atoms in total. The van der Waals surface area contributed by atoms with Gasteiger partial charge in [-0.1, -0.05) is 0 Å². The van der Waals surface area contributed by atoms with Gasteiger partial charge in [-0.25, -0.2) is 4.79 Å². The topological polar surface area (TPSA) is 42.0 Å². The van der Waals surface area contributed by atoms with Gasteiger partial charge in [-0.15, -0.1) is 0 Å². The van der Waals surface area contributed by atoms with Crippen LogP contribution in [0.5, 0.6) is 0 Å². The van der Waals surface area contributed by atoms with Crippen LogP contribution in [-0.2, 0) is 9.47 Å². The van der Waals surface area contributed by atoms with Gasteiger partial charge in [-0.2, -0.15) is 0 Å². The second-order valence-electron chi connectivity index (χ2n) is 5.40. The van der Waals surface area contributed by atoms with E-state index in [2.05, 4.69) is 4.90 Å². The summed E-state index contributed by atoms with van der Waals surface area (Å²) in [5, 5.41) is 0. The summed E-state index contributed by atoms with van der Waals surface area (Å²) in [4.78, 5) is 15.7. The monoisotopic (exact) mass is 240 g/mol. The van der Waals surface area contributed by atoms with Gasteiger partial charge in [0.05, 0.1) is 25.8 Å². The van der Waals surface area contributed by atoms with Crippen molar-refractivity contribution in [3.05, 3.63) is 12.4 Å². The molecule has 0 aromatic rings. The summed E-state index contributed by atoms with van der Waals surface area (Å²) < 4.78 is 10.7. The van der Waals surface area contributed by atoms with Gasteiger partial charge in [0, 0.05) is 18.9 Å². The lowest BCUT2D eigenvalue weighted by Gasteiger charge is -2.40. The third-order valence-corrected chi connectivity index (χ3v) is 2.75. The number of carbonyl (C=O) groups is 1. The molecule has 1 fully saturated rings. The van der Waals surface area contributed by atoms with Crippen molar-refractivity contribution in [1.29, 1.82) is 0 Å². The number of hydrogen-bond acceptors (Lipinski definition) is 4. The van der Waals surface area contributed by atoms with Crippen molar-refractivity contribution in [3.63, 3.8) is 0 Å². The molecule has 2 heterocycles. The Morgan fingerprint density at radius 1 is 1.41 bits per heavy atom. The standard InChI is InChI=1S/C12H20N2O3/c1-12(2,3)17-11(15)14-5-4-13-6-7-16-9-10(13)8-14/h4-5,10H,6-9H2,1-3H3/t10-/m1/s1. The molecule has 17 heavy (non-hydrogen) atoms. The minimum Gasteiger partial charge on any atom is -0.443 e. The largest absolute Gasteiger partial charge is 0.443 e. The average Bonchev–Trinajstić information content (AvgIpc) is 2.26. The maximum absolute atomic E-state index is 11.9. The summed E-state index contributed by atoms with van der Waals surface area (Å²) in [5.41, 5.74) is -0.453. The number of rotatable bonds is 0. The van der Waals surface area contributed by atoms with Crippen LogP contribution < -0.4 is 0 Å². The van der Waals surface area contributed by atoms with E-state index in [-0.39, 0.29) is 12.1 Å². The Bertz CT molecular complexity index is 322. The molecule has 1 atom stereocenters. The Morgan fingerprint density at radius 3 is 2.88 bits per heavy atom. The lowest BCUT2D eigenvalue weighted by atomic mass is 10.2. The van der Waals surface area contributed by atoms with E-state index in [4.69, 9.17) is 9.47 Å². The molecule has 0 N–H and O–H groups in total. The lowest BCUT2D eigenvalue weighted by Crippen LogP contribution is -2.52. The van der Waals surface area contributed by atoms with Crippen molar-refractivity contribution < 1.29 is 14.3 Å². The molecule has 0 aliphatic carbocycles. The van der Waals surface area contributed by atoms with E-state index in [1.54, 1.807) is 11.1 Å². The summed E-state index contributed by atoms with van der Waals surface area (Å²) in [5.74, 6) is 0. The number of amides is 1. The van der Waals surface area contributed by atoms with E-state index >= 15 is 0 Å². The highest BCUT2D eigenvalue weighted by atomic mass is 16.6. The summed E-state index contributed by atoms with van der Waals surface area (Å²) >= 11 is 0. The maximum Gasteiger partial charge on any atom is 0.414 e. The van der Waals surface area contributed by atoms with Gasteiger partial charge in [-0.3, -0.25) is 4.90 Å². The van der Waals surface area contributed by atoms with Crippen molar-refractivity contribution in [1.82, 2.24) is 9.80 Å². The van der Waals surface area contributed by atoms with Crippen molar-refractivity contribution >= 4 is 6.09 Å². The van der Waals surface area contributed by atoms with E-state index in [0.29, 0.717) is 13.2 Å². The van der Waals surface area contributed by atoms with E-state index in [1.165, 1.54) is 0 Å². The second kappa shape index (κ2) is 4.56. The van der Waals surface area contributed by atoms with E-state index in [0.717, 1.165) is 13.2 Å². The summed E-state index contributed by atoms with van der Waals surface area (Å²) in [6, 6.07) is 0.251.